The highest BCUT2D eigenvalue weighted by molar-refractivity contribution is 6.31. The summed E-state index contributed by atoms with van der Waals surface area (Å²) >= 11 is 5.81. The molecule has 13 heavy (non-hydrogen) atoms. The molecule has 0 radical (unpaired) electrons. The van der Waals surface area contributed by atoms with Crippen LogP contribution in [0.4, 0.5) is 0 Å². The highest BCUT2D eigenvalue weighted by Gasteiger charge is 2.00. The second-order valence-corrected chi connectivity index (χ2v) is 3.07. The van der Waals surface area contributed by atoms with Gasteiger partial charge in [-0.3, -0.25) is 0 Å². The summed E-state index contributed by atoms with van der Waals surface area (Å²) in [6, 6.07) is 9.25. The molecule has 0 atom stereocenters. The van der Waals surface area contributed by atoms with E-state index < -0.39 is 0 Å². The normalized spacial score (nSPS) is 9.85. The molecule has 0 bridgehead atoms. The van der Waals surface area contributed by atoms with Gasteiger partial charge < -0.3 is 0 Å². The van der Waals surface area contributed by atoms with Gasteiger partial charge in [0.15, 0.2) is 0 Å². The van der Waals surface area contributed by atoms with Crippen molar-refractivity contribution in [3.05, 3.63) is 41.2 Å². The van der Waals surface area contributed by atoms with Crippen molar-refractivity contribution in [1.29, 1.82) is 5.26 Å². The molecule has 1 aromatic carbocycles. The minimum Gasteiger partial charge on any atom is -0.245 e. The number of aromatic nitrogens is 1. The second kappa shape index (κ2) is 3.04. The zero-order valence-corrected chi connectivity index (χ0v) is 7.42. The summed E-state index contributed by atoms with van der Waals surface area (Å²) in [4.78, 5) is 3.95. The molecule has 0 aliphatic heterocycles. The molecule has 0 aliphatic rings. The van der Waals surface area contributed by atoms with E-state index in [2.05, 4.69) is 4.98 Å². The molecule has 0 N–H and O–H groups in total. The standard InChI is InChI=1S/C10H5ClN2/c11-8-1-2-9-7(5-8)3-4-13-10(9)6-12/h1-5H. The summed E-state index contributed by atoms with van der Waals surface area (Å²) in [7, 11) is 0. The van der Waals surface area contributed by atoms with Gasteiger partial charge in [0.1, 0.15) is 11.8 Å². The van der Waals surface area contributed by atoms with Crippen LogP contribution in [0.1, 0.15) is 5.69 Å². The maximum atomic E-state index is 8.76. The van der Waals surface area contributed by atoms with E-state index in [4.69, 9.17) is 16.9 Å². The van der Waals surface area contributed by atoms with E-state index in [9.17, 15) is 0 Å². The summed E-state index contributed by atoms with van der Waals surface area (Å²) in [5.74, 6) is 0. The van der Waals surface area contributed by atoms with Crippen molar-refractivity contribution in [3.8, 4) is 6.07 Å². The van der Waals surface area contributed by atoms with Gasteiger partial charge in [-0.25, -0.2) is 4.98 Å². The van der Waals surface area contributed by atoms with Gasteiger partial charge in [-0.1, -0.05) is 11.6 Å². The third-order valence-corrected chi connectivity index (χ3v) is 2.07. The van der Waals surface area contributed by atoms with Crippen molar-refractivity contribution in [2.75, 3.05) is 0 Å². The highest BCUT2D eigenvalue weighted by atomic mass is 35.5. The number of pyridine rings is 1. The Morgan fingerprint density at radius 3 is 2.92 bits per heavy atom. The summed E-state index contributed by atoms with van der Waals surface area (Å²) in [5, 5.41) is 11.2. The molecule has 1 aromatic heterocycles. The summed E-state index contributed by atoms with van der Waals surface area (Å²) in [6.07, 6.45) is 1.61. The van der Waals surface area contributed by atoms with Gasteiger partial charge in [0, 0.05) is 16.6 Å². The van der Waals surface area contributed by atoms with Crippen LogP contribution in [0, 0.1) is 11.3 Å². The molecule has 2 rings (SSSR count). The maximum absolute atomic E-state index is 8.76. The summed E-state index contributed by atoms with van der Waals surface area (Å²) in [5.41, 5.74) is 0.439. The molecule has 0 amide bonds. The van der Waals surface area contributed by atoms with Crippen LogP contribution >= 0.6 is 11.6 Å². The molecule has 62 valence electrons. The van der Waals surface area contributed by atoms with E-state index in [1.54, 1.807) is 12.3 Å². The molecule has 0 unspecified atom stereocenters. The Morgan fingerprint density at radius 2 is 2.15 bits per heavy atom. The minimum absolute atomic E-state index is 0.439. The fourth-order valence-electron chi connectivity index (χ4n) is 1.24. The molecule has 0 saturated heterocycles. The molecule has 2 nitrogen and oxygen atoms in total. The van der Waals surface area contributed by atoms with E-state index in [1.165, 1.54) is 0 Å². The largest absolute Gasteiger partial charge is 0.245 e. The first-order chi connectivity index (χ1) is 6.31. The van der Waals surface area contributed by atoms with Gasteiger partial charge in [-0.05, 0) is 29.7 Å². The third-order valence-electron chi connectivity index (χ3n) is 1.83. The monoisotopic (exact) mass is 188 g/mol. The Hall–Kier alpha value is -1.59. The number of nitrogens with zero attached hydrogens (tertiary/aromatic N) is 2. The van der Waals surface area contributed by atoms with Crippen LogP contribution in [0.25, 0.3) is 10.8 Å². The van der Waals surface area contributed by atoms with Gasteiger partial charge in [0.05, 0.1) is 0 Å². The smallest absolute Gasteiger partial charge is 0.148 e. The van der Waals surface area contributed by atoms with Crippen LogP contribution in [0.3, 0.4) is 0 Å². The topological polar surface area (TPSA) is 36.7 Å². The summed E-state index contributed by atoms with van der Waals surface area (Å²) < 4.78 is 0. The number of benzene rings is 1. The maximum Gasteiger partial charge on any atom is 0.148 e. The van der Waals surface area contributed by atoms with Crippen molar-refractivity contribution < 1.29 is 0 Å². The Kier molecular flexibility index (Phi) is 1.88. The highest BCUT2D eigenvalue weighted by Crippen LogP contribution is 2.20. The lowest BCUT2D eigenvalue weighted by Gasteiger charge is -1.98. The molecular weight excluding hydrogens is 184 g/mol. The molecule has 0 spiro atoms. The first-order valence-electron chi connectivity index (χ1n) is 3.75. The van der Waals surface area contributed by atoms with Crippen molar-refractivity contribution in [1.82, 2.24) is 4.98 Å². The first kappa shape index (κ1) is 8.03. The molecule has 2 aromatic rings. The molecular formula is C10H5ClN2. The van der Waals surface area contributed by atoms with E-state index in [0.29, 0.717) is 10.7 Å². The Balaban J connectivity index is 2.87. The van der Waals surface area contributed by atoms with Crippen molar-refractivity contribution in [2.45, 2.75) is 0 Å². The Morgan fingerprint density at radius 1 is 1.31 bits per heavy atom. The number of fused-ring (bicyclic) bond motifs is 1. The van der Waals surface area contributed by atoms with Crippen molar-refractivity contribution in [2.24, 2.45) is 0 Å². The van der Waals surface area contributed by atoms with Crippen LogP contribution in [0.15, 0.2) is 30.5 Å². The third kappa shape index (κ3) is 1.34. The first-order valence-corrected chi connectivity index (χ1v) is 4.13. The van der Waals surface area contributed by atoms with E-state index in [0.717, 1.165) is 10.8 Å². The number of hydrogen-bond donors (Lipinski definition) is 0. The lowest BCUT2D eigenvalue weighted by atomic mass is 10.1. The molecule has 3 heteroatoms. The van der Waals surface area contributed by atoms with Crippen molar-refractivity contribution in [3.63, 3.8) is 0 Å². The number of halogens is 1. The predicted molar refractivity (Wildman–Crippen MR) is 51.5 cm³/mol. The quantitative estimate of drug-likeness (QED) is 0.638. The van der Waals surface area contributed by atoms with Gasteiger partial charge in [-0.2, -0.15) is 5.26 Å². The average Bonchev–Trinajstić information content (AvgIpc) is 2.16. The van der Waals surface area contributed by atoms with Crippen LogP contribution in [-0.4, -0.2) is 4.98 Å². The zero-order chi connectivity index (χ0) is 9.26. The predicted octanol–water partition coefficient (Wildman–Crippen LogP) is 2.76. The zero-order valence-electron chi connectivity index (χ0n) is 6.66. The number of hydrogen-bond acceptors (Lipinski definition) is 2. The average molecular weight is 189 g/mol. The van der Waals surface area contributed by atoms with Crippen LogP contribution in [0.5, 0.6) is 0 Å². The molecule has 0 aliphatic carbocycles. The second-order valence-electron chi connectivity index (χ2n) is 2.64. The van der Waals surface area contributed by atoms with Crippen LogP contribution in [0.2, 0.25) is 5.02 Å². The number of nitriles is 1. The van der Waals surface area contributed by atoms with Crippen LogP contribution < -0.4 is 0 Å². The lowest BCUT2D eigenvalue weighted by Crippen LogP contribution is -1.83. The van der Waals surface area contributed by atoms with E-state index in [-0.39, 0.29) is 0 Å². The lowest BCUT2D eigenvalue weighted by molar-refractivity contribution is 1.30. The molecule has 0 saturated carbocycles. The fraction of sp³-hybridized carbons (Fsp3) is 0. The van der Waals surface area contributed by atoms with Gasteiger partial charge in [-0.15, -0.1) is 0 Å². The Bertz CT molecular complexity index is 500. The SMILES string of the molecule is N#Cc1nccc2cc(Cl)ccc12. The molecule has 0 fully saturated rings. The number of rotatable bonds is 0. The van der Waals surface area contributed by atoms with Gasteiger partial charge >= 0.3 is 0 Å². The Labute approximate surface area is 80.4 Å². The van der Waals surface area contributed by atoms with Gasteiger partial charge in [0.25, 0.3) is 0 Å². The fourth-order valence-corrected chi connectivity index (χ4v) is 1.42. The van der Waals surface area contributed by atoms with Gasteiger partial charge in [0.2, 0.25) is 0 Å². The minimum atomic E-state index is 0.439. The van der Waals surface area contributed by atoms with Crippen molar-refractivity contribution >= 4 is 22.4 Å². The van der Waals surface area contributed by atoms with E-state index in [1.807, 2.05) is 24.3 Å². The van der Waals surface area contributed by atoms with Crippen LogP contribution in [-0.2, 0) is 0 Å². The van der Waals surface area contributed by atoms with E-state index >= 15 is 0 Å². The molecule has 1 heterocycles. The summed E-state index contributed by atoms with van der Waals surface area (Å²) in [6.45, 7) is 0.